The number of sulfonamides is 1. The lowest BCUT2D eigenvalue weighted by atomic mass is 10.3. The highest BCUT2D eigenvalue weighted by atomic mass is 32.2. The molecule has 0 saturated carbocycles. The zero-order chi connectivity index (χ0) is 18.1. The van der Waals surface area contributed by atoms with Crippen molar-refractivity contribution in [3.63, 3.8) is 0 Å². The van der Waals surface area contributed by atoms with E-state index in [1.807, 2.05) is 28.8 Å². The second-order valence-corrected chi connectivity index (χ2v) is 7.72. The molecule has 0 unspecified atom stereocenters. The standard InChI is InChI=1S/C17H17N5O3S/c23-17-20-14-7-6-13(10-15(14)21-17)26(24,25)19-8-3-5-16-18-11-12-4-1-2-9-22(12)16/h1-2,4,6-7,9-11,19H,3,5,8H2,(H2,20,21,23). The summed E-state index contributed by atoms with van der Waals surface area (Å²) in [4.78, 5) is 20.9. The number of aromatic nitrogens is 4. The summed E-state index contributed by atoms with van der Waals surface area (Å²) in [5, 5.41) is 0. The Morgan fingerprint density at radius 2 is 1.96 bits per heavy atom. The van der Waals surface area contributed by atoms with E-state index in [-0.39, 0.29) is 10.6 Å². The Kier molecular flexibility index (Phi) is 4.09. The van der Waals surface area contributed by atoms with Gasteiger partial charge in [0, 0.05) is 19.2 Å². The molecule has 0 aliphatic rings. The first-order chi connectivity index (χ1) is 12.5. The summed E-state index contributed by atoms with van der Waals surface area (Å²) >= 11 is 0. The summed E-state index contributed by atoms with van der Waals surface area (Å²) in [5.41, 5.74) is 1.67. The molecule has 0 radical (unpaired) electrons. The van der Waals surface area contributed by atoms with E-state index < -0.39 is 10.0 Å². The van der Waals surface area contributed by atoms with Gasteiger partial charge in [0.05, 0.1) is 27.6 Å². The van der Waals surface area contributed by atoms with Crippen LogP contribution in [0.5, 0.6) is 0 Å². The Hall–Kier alpha value is -2.91. The van der Waals surface area contributed by atoms with Crippen LogP contribution in [0.25, 0.3) is 16.6 Å². The summed E-state index contributed by atoms with van der Waals surface area (Å²) in [6.45, 7) is 0.297. The van der Waals surface area contributed by atoms with Crippen molar-refractivity contribution >= 4 is 26.6 Å². The topological polar surface area (TPSA) is 112 Å². The van der Waals surface area contributed by atoms with Gasteiger partial charge in [0.15, 0.2) is 0 Å². The molecule has 9 heteroatoms. The van der Waals surface area contributed by atoms with Gasteiger partial charge in [0.25, 0.3) is 0 Å². The fourth-order valence-electron chi connectivity index (χ4n) is 2.90. The number of nitrogens with zero attached hydrogens (tertiary/aromatic N) is 2. The van der Waals surface area contributed by atoms with Crippen LogP contribution in [0, 0.1) is 0 Å². The molecule has 134 valence electrons. The molecule has 3 aromatic heterocycles. The fraction of sp³-hybridized carbons (Fsp3) is 0.176. The molecule has 3 N–H and O–H groups in total. The normalized spacial score (nSPS) is 12.2. The highest BCUT2D eigenvalue weighted by Gasteiger charge is 2.15. The van der Waals surface area contributed by atoms with E-state index in [9.17, 15) is 13.2 Å². The monoisotopic (exact) mass is 371 g/mol. The van der Waals surface area contributed by atoms with E-state index >= 15 is 0 Å². The second-order valence-electron chi connectivity index (χ2n) is 5.96. The molecular formula is C17H17N5O3S. The number of hydrogen-bond donors (Lipinski definition) is 3. The first-order valence-electron chi connectivity index (χ1n) is 8.16. The van der Waals surface area contributed by atoms with Gasteiger partial charge in [-0.15, -0.1) is 0 Å². The number of hydrogen-bond acceptors (Lipinski definition) is 4. The Labute approximate surface area is 149 Å². The number of imidazole rings is 2. The second kappa shape index (κ2) is 6.43. The number of nitrogens with one attached hydrogen (secondary N) is 3. The van der Waals surface area contributed by atoms with Crippen LogP contribution in [0.2, 0.25) is 0 Å². The third kappa shape index (κ3) is 3.14. The maximum atomic E-state index is 12.4. The number of aryl methyl sites for hydroxylation is 1. The van der Waals surface area contributed by atoms with Gasteiger partial charge in [0.2, 0.25) is 10.0 Å². The molecular weight excluding hydrogens is 354 g/mol. The quantitative estimate of drug-likeness (QED) is 0.445. The van der Waals surface area contributed by atoms with E-state index in [0.29, 0.717) is 30.4 Å². The first kappa shape index (κ1) is 16.6. The highest BCUT2D eigenvalue weighted by Crippen LogP contribution is 2.15. The molecule has 0 aliphatic carbocycles. The van der Waals surface area contributed by atoms with Crippen molar-refractivity contribution in [3.8, 4) is 0 Å². The number of rotatable bonds is 6. The lowest BCUT2D eigenvalue weighted by Crippen LogP contribution is -2.25. The minimum atomic E-state index is -3.64. The van der Waals surface area contributed by atoms with Crippen LogP contribution in [0.1, 0.15) is 12.2 Å². The van der Waals surface area contributed by atoms with Crippen molar-refractivity contribution in [1.82, 2.24) is 24.1 Å². The summed E-state index contributed by atoms with van der Waals surface area (Å²) in [7, 11) is -3.64. The van der Waals surface area contributed by atoms with Crippen LogP contribution in [0.3, 0.4) is 0 Å². The molecule has 4 rings (SSSR count). The third-order valence-electron chi connectivity index (χ3n) is 4.18. The van der Waals surface area contributed by atoms with E-state index in [1.165, 1.54) is 12.1 Å². The molecule has 0 amide bonds. The van der Waals surface area contributed by atoms with E-state index in [4.69, 9.17) is 0 Å². The summed E-state index contributed by atoms with van der Waals surface area (Å²) in [6, 6.07) is 10.3. The van der Waals surface area contributed by atoms with Crippen molar-refractivity contribution in [2.45, 2.75) is 17.7 Å². The lowest BCUT2D eigenvalue weighted by molar-refractivity contribution is 0.578. The van der Waals surface area contributed by atoms with Crippen molar-refractivity contribution < 1.29 is 8.42 Å². The van der Waals surface area contributed by atoms with Gasteiger partial charge in [0.1, 0.15) is 5.82 Å². The van der Waals surface area contributed by atoms with Crippen LogP contribution in [0.15, 0.2) is 58.5 Å². The predicted molar refractivity (Wildman–Crippen MR) is 97.6 cm³/mol. The minimum Gasteiger partial charge on any atom is -0.306 e. The maximum absolute atomic E-state index is 12.4. The van der Waals surface area contributed by atoms with Crippen LogP contribution in [-0.4, -0.2) is 34.3 Å². The van der Waals surface area contributed by atoms with Gasteiger partial charge in [-0.05, 0) is 36.8 Å². The molecule has 0 bridgehead atoms. The van der Waals surface area contributed by atoms with Gasteiger partial charge >= 0.3 is 5.69 Å². The molecule has 0 saturated heterocycles. The first-order valence-corrected chi connectivity index (χ1v) is 9.64. The Bertz CT molecular complexity index is 1240. The minimum absolute atomic E-state index is 0.117. The highest BCUT2D eigenvalue weighted by molar-refractivity contribution is 7.89. The van der Waals surface area contributed by atoms with Crippen LogP contribution < -0.4 is 10.4 Å². The van der Waals surface area contributed by atoms with E-state index in [1.54, 1.807) is 12.3 Å². The van der Waals surface area contributed by atoms with Crippen LogP contribution in [-0.2, 0) is 16.4 Å². The smallest absolute Gasteiger partial charge is 0.306 e. The Balaban J connectivity index is 1.42. The molecule has 1 aromatic carbocycles. The summed E-state index contributed by atoms with van der Waals surface area (Å²) in [5.74, 6) is 0.895. The predicted octanol–water partition coefficient (Wildman–Crippen LogP) is 1.41. The fourth-order valence-corrected chi connectivity index (χ4v) is 4.00. The molecule has 8 nitrogen and oxygen atoms in total. The largest absolute Gasteiger partial charge is 0.323 e. The molecule has 0 spiro atoms. The summed E-state index contributed by atoms with van der Waals surface area (Å²) < 4.78 is 29.4. The van der Waals surface area contributed by atoms with E-state index in [2.05, 4.69) is 19.7 Å². The number of aromatic amines is 2. The van der Waals surface area contributed by atoms with Crippen molar-refractivity contribution in [3.05, 3.63) is 65.1 Å². The average Bonchev–Trinajstić information content (AvgIpc) is 3.20. The molecule has 4 aromatic rings. The molecule has 26 heavy (non-hydrogen) atoms. The Morgan fingerprint density at radius 1 is 1.12 bits per heavy atom. The summed E-state index contributed by atoms with van der Waals surface area (Å²) in [6.07, 6.45) is 5.02. The maximum Gasteiger partial charge on any atom is 0.323 e. The van der Waals surface area contributed by atoms with Gasteiger partial charge in [-0.1, -0.05) is 6.07 Å². The number of pyridine rings is 1. The number of H-pyrrole nitrogens is 2. The third-order valence-corrected chi connectivity index (χ3v) is 5.64. The van der Waals surface area contributed by atoms with Gasteiger partial charge in [-0.2, -0.15) is 0 Å². The zero-order valence-electron chi connectivity index (χ0n) is 13.8. The van der Waals surface area contributed by atoms with Crippen molar-refractivity contribution in [2.24, 2.45) is 0 Å². The zero-order valence-corrected chi connectivity index (χ0v) is 14.6. The van der Waals surface area contributed by atoms with Gasteiger partial charge in [-0.3, -0.25) is 0 Å². The molecule has 0 fully saturated rings. The molecule has 3 heterocycles. The van der Waals surface area contributed by atoms with Gasteiger partial charge in [-0.25, -0.2) is 22.9 Å². The average molecular weight is 371 g/mol. The Morgan fingerprint density at radius 3 is 2.85 bits per heavy atom. The van der Waals surface area contributed by atoms with Crippen LogP contribution in [0.4, 0.5) is 0 Å². The van der Waals surface area contributed by atoms with E-state index in [0.717, 1.165) is 11.3 Å². The molecule has 0 aliphatic heterocycles. The lowest BCUT2D eigenvalue weighted by Gasteiger charge is -2.07. The number of benzene rings is 1. The number of fused-ring (bicyclic) bond motifs is 2. The van der Waals surface area contributed by atoms with Crippen molar-refractivity contribution in [1.29, 1.82) is 0 Å². The SMILES string of the molecule is O=c1[nH]c2ccc(S(=O)(=O)NCCCc3ncc4ccccn34)cc2[nH]1. The van der Waals surface area contributed by atoms with Crippen molar-refractivity contribution in [2.75, 3.05) is 6.54 Å². The molecule has 0 atom stereocenters. The van der Waals surface area contributed by atoms with Gasteiger partial charge < -0.3 is 14.4 Å². The van der Waals surface area contributed by atoms with Crippen LogP contribution >= 0.6 is 0 Å².